The Morgan fingerprint density at radius 2 is 2.22 bits per heavy atom. The Balaban J connectivity index is 1.73. The first-order valence-corrected chi connectivity index (χ1v) is 6.46. The summed E-state index contributed by atoms with van der Waals surface area (Å²) in [6.07, 6.45) is 1.13. The van der Waals surface area contributed by atoms with Crippen molar-refractivity contribution in [3.8, 4) is 0 Å². The first-order chi connectivity index (χ1) is 8.44. The number of hydrogen-bond donors (Lipinski definition) is 1. The molecule has 2 bridgehead atoms. The van der Waals surface area contributed by atoms with Crippen LogP contribution in [0, 0.1) is 23.2 Å². The van der Waals surface area contributed by atoms with Crippen molar-refractivity contribution in [3.05, 3.63) is 0 Å². The molecule has 5 nitrogen and oxygen atoms in total. The number of rotatable bonds is 3. The van der Waals surface area contributed by atoms with Gasteiger partial charge in [-0.2, -0.15) is 0 Å². The van der Waals surface area contributed by atoms with Crippen LogP contribution in [0.3, 0.4) is 0 Å². The van der Waals surface area contributed by atoms with Crippen molar-refractivity contribution in [2.45, 2.75) is 38.9 Å². The summed E-state index contributed by atoms with van der Waals surface area (Å²) in [7, 11) is 0. The smallest absolute Gasteiger partial charge is 0.314 e. The van der Waals surface area contributed by atoms with E-state index in [0.29, 0.717) is 0 Å². The maximum absolute atomic E-state index is 12.0. The summed E-state index contributed by atoms with van der Waals surface area (Å²) in [6.45, 7) is 3.04. The first-order valence-electron chi connectivity index (χ1n) is 6.46. The van der Waals surface area contributed by atoms with Crippen molar-refractivity contribution in [1.29, 1.82) is 0 Å². The van der Waals surface area contributed by atoms with Crippen LogP contribution in [-0.2, 0) is 19.1 Å². The molecular formula is C13H18O5. The molecule has 100 valence electrons. The molecule has 2 aliphatic carbocycles. The number of carbonyl (C=O) groups excluding carboxylic acids is 2. The second-order valence-electron chi connectivity index (χ2n) is 6.32. The summed E-state index contributed by atoms with van der Waals surface area (Å²) in [4.78, 5) is 23.5. The summed E-state index contributed by atoms with van der Waals surface area (Å²) >= 11 is 0. The molecule has 0 amide bonds. The number of aliphatic hydroxyl groups is 1. The molecule has 0 aromatic carbocycles. The van der Waals surface area contributed by atoms with E-state index in [9.17, 15) is 9.59 Å². The monoisotopic (exact) mass is 254 g/mol. The molecule has 0 aromatic rings. The van der Waals surface area contributed by atoms with Gasteiger partial charge in [-0.1, -0.05) is 0 Å². The topological polar surface area (TPSA) is 72.8 Å². The van der Waals surface area contributed by atoms with Gasteiger partial charge < -0.3 is 14.6 Å². The van der Waals surface area contributed by atoms with Crippen LogP contribution in [0.15, 0.2) is 0 Å². The molecule has 3 aliphatic rings. The minimum Gasteiger partial charge on any atom is -0.458 e. The molecule has 5 unspecified atom stereocenters. The lowest BCUT2D eigenvalue weighted by atomic mass is 9.87. The highest BCUT2D eigenvalue weighted by Crippen LogP contribution is 2.55. The second kappa shape index (κ2) is 3.70. The van der Waals surface area contributed by atoms with E-state index in [0.717, 1.165) is 12.8 Å². The zero-order chi connectivity index (χ0) is 13.1. The molecule has 1 heterocycles. The zero-order valence-corrected chi connectivity index (χ0v) is 10.6. The second-order valence-corrected chi connectivity index (χ2v) is 6.32. The fourth-order valence-electron chi connectivity index (χ4n) is 3.41. The van der Waals surface area contributed by atoms with Crippen molar-refractivity contribution in [1.82, 2.24) is 0 Å². The molecule has 3 rings (SSSR count). The van der Waals surface area contributed by atoms with Crippen molar-refractivity contribution in [2.75, 3.05) is 6.61 Å². The maximum Gasteiger partial charge on any atom is 0.314 e. The van der Waals surface area contributed by atoms with Crippen LogP contribution in [0.2, 0.25) is 0 Å². The standard InChI is InChI=1S/C13H18O5/c1-13(2,5-14)12(16)18-9-6-3-7-8(4-6)11(15)17-10(7)9/h6-10,14H,3-5H2,1-2H3. The van der Waals surface area contributed by atoms with Crippen molar-refractivity contribution >= 4 is 11.9 Å². The molecule has 1 aliphatic heterocycles. The fraction of sp³-hybridized carbons (Fsp3) is 0.846. The van der Waals surface area contributed by atoms with Gasteiger partial charge in [0.2, 0.25) is 0 Å². The summed E-state index contributed by atoms with van der Waals surface area (Å²) in [5, 5.41) is 9.16. The van der Waals surface area contributed by atoms with Crippen LogP contribution >= 0.6 is 0 Å². The number of fused-ring (bicyclic) bond motifs is 1. The van der Waals surface area contributed by atoms with Crippen LogP contribution in [0.4, 0.5) is 0 Å². The highest BCUT2D eigenvalue weighted by atomic mass is 16.6. The average Bonchev–Trinajstić information content (AvgIpc) is 2.93. The van der Waals surface area contributed by atoms with Gasteiger partial charge in [0.25, 0.3) is 0 Å². The molecular weight excluding hydrogens is 236 g/mol. The van der Waals surface area contributed by atoms with E-state index in [-0.39, 0.29) is 42.5 Å². The number of ether oxygens (including phenoxy) is 2. The summed E-state index contributed by atoms with van der Waals surface area (Å²) in [6, 6.07) is 0. The minimum absolute atomic E-state index is 0.0285. The van der Waals surface area contributed by atoms with E-state index in [4.69, 9.17) is 14.6 Å². The molecule has 2 saturated carbocycles. The normalized spacial score (nSPS) is 41.1. The maximum atomic E-state index is 12.0. The van der Waals surface area contributed by atoms with Gasteiger partial charge in [0.15, 0.2) is 0 Å². The number of carbonyl (C=O) groups is 2. The van der Waals surface area contributed by atoms with Gasteiger partial charge in [0.05, 0.1) is 17.9 Å². The predicted molar refractivity (Wildman–Crippen MR) is 60.3 cm³/mol. The Morgan fingerprint density at radius 1 is 1.50 bits per heavy atom. The third kappa shape index (κ3) is 1.49. The van der Waals surface area contributed by atoms with Crippen molar-refractivity contribution < 1.29 is 24.2 Å². The molecule has 3 fully saturated rings. The number of hydrogen-bond acceptors (Lipinski definition) is 5. The minimum atomic E-state index is -0.899. The first kappa shape index (κ1) is 12.0. The highest BCUT2D eigenvalue weighted by molar-refractivity contribution is 5.78. The van der Waals surface area contributed by atoms with Crippen LogP contribution in [0.5, 0.6) is 0 Å². The largest absolute Gasteiger partial charge is 0.458 e. The number of esters is 2. The van der Waals surface area contributed by atoms with E-state index >= 15 is 0 Å². The Hall–Kier alpha value is -1.10. The Kier molecular flexibility index (Phi) is 2.46. The van der Waals surface area contributed by atoms with Crippen molar-refractivity contribution in [3.63, 3.8) is 0 Å². The molecule has 1 saturated heterocycles. The quantitative estimate of drug-likeness (QED) is 0.742. The van der Waals surface area contributed by atoms with E-state index in [1.807, 2.05) is 0 Å². The molecule has 1 N–H and O–H groups in total. The van der Waals surface area contributed by atoms with Gasteiger partial charge >= 0.3 is 11.9 Å². The SMILES string of the molecule is CC(C)(CO)C(=O)OC1C2CC3C(=O)OC1C3C2. The summed E-state index contributed by atoms with van der Waals surface area (Å²) < 4.78 is 10.8. The highest BCUT2D eigenvalue weighted by Gasteiger charge is 2.63. The third-order valence-electron chi connectivity index (χ3n) is 4.60. The van der Waals surface area contributed by atoms with Gasteiger partial charge in [-0.25, -0.2) is 0 Å². The summed E-state index contributed by atoms with van der Waals surface area (Å²) in [5.41, 5.74) is -0.899. The van der Waals surface area contributed by atoms with Gasteiger partial charge in [0, 0.05) is 11.8 Å². The molecule has 0 spiro atoms. The van der Waals surface area contributed by atoms with E-state index in [2.05, 4.69) is 0 Å². The molecule has 5 heteroatoms. The van der Waals surface area contributed by atoms with Crippen LogP contribution in [0.1, 0.15) is 26.7 Å². The van der Waals surface area contributed by atoms with E-state index in [1.165, 1.54) is 0 Å². The third-order valence-corrected chi connectivity index (χ3v) is 4.60. The van der Waals surface area contributed by atoms with E-state index in [1.54, 1.807) is 13.8 Å². The number of aliphatic hydroxyl groups excluding tert-OH is 1. The summed E-state index contributed by atoms with van der Waals surface area (Å²) in [5.74, 6) is -0.0391. The zero-order valence-electron chi connectivity index (χ0n) is 10.6. The van der Waals surface area contributed by atoms with Gasteiger partial charge in [0.1, 0.15) is 12.2 Å². The fourth-order valence-corrected chi connectivity index (χ4v) is 3.41. The Morgan fingerprint density at radius 3 is 2.89 bits per heavy atom. The van der Waals surface area contributed by atoms with Crippen LogP contribution < -0.4 is 0 Å². The van der Waals surface area contributed by atoms with Crippen molar-refractivity contribution in [2.24, 2.45) is 23.2 Å². The predicted octanol–water partition coefficient (Wildman–Crippen LogP) is 0.498. The van der Waals surface area contributed by atoms with Gasteiger partial charge in [-0.15, -0.1) is 0 Å². The Labute approximate surface area is 105 Å². The molecule has 0 aromatic heterocycles. The van der Waals surface area contributed by atoms with Gasteiger partial charge in [-0.3, -0.25) is 9.59 Å². The lowest BCUT2D eigenvalue weighted by Crippen LogP contribution is -2.40. The van der Waals surface area contributed by atoms with Crippen LogP contribution in [0.25, 0.3) is 0 Å². The lowest BCUT2D eigenvalue weighted by Gasteiger charge is -2.29. The molecule has 5 atom stereocenters. The molecule has 18 heavy (non-hydrogen) atoms. The van der Waals surface area contributed by atoms with Gasteiger partial charge in [-0.05, 0) is 26.7 Å². The average molecular weight is 254 g/mol. The molecule has 0 radical (unpaired) electrons. The lowest BCUT2D eigenvalue weighted by molar-refractivity contribution is -0.172. The Bertz CT molecular complexity index is 402. The van der Waals surface area contributed by atoms with E-state index < -0.39 is 11.4 Å². The van der Waals surface area contributed by atoms with Crippen LogP contribution in [-0.4, -0.2) is 35.9 Å².